The van der Waals surface area contributed by atoms with Gasteiger partial charge in [0.25, 0.3) is 6.43 Å². The minimum Gasteiger partial charge on any atom is -0.508 e. The van der Waals surface area contributed by atoms with Crippen molar-refractivity contribution in [3.8, 4) is 0 Å². The molecule has 0 fully saturated rings. The summed E-state index contributed by atoms with van der Waals surface area (Å²) in [6, 6.07) is 0. The summed E-state index contributed by atoms with van der Waals surface area (Å²) in [6.07, 6.45) is -1.49. The van der Waals surface area contributed by atoms with Gasteiger partial charge in [-0.2, -0.15) is 0 Å². The zero-order valence-corrected chi connectivity index (χ0v) is 5.06. The zero-order chi connectivity index (χ0) is 7.44. The molecule has 52 valence electrons. The van der Waals surface area contributed by atoms with E-state index in [1.807, 2.05) is 0 Å². The molecule has 0 aliphatic heterocycles. The lowest BCUT2D eigenvalue weighted by atomic mass is 10.2. The Morgan fingerprint density at radius 1 is 1.67 bits per heavy atom. The van der Waals surface area contributed by atoms with Crippen molar-refractivity contribution < 1.29 is 13.9 Å². The van der Waals surface area contributed by atoms with E-state index in [4.69, 9.17) is 5.11 Å². The summed E-state index contributed by atoms with van der Waals surface area (Å²) < 4.78 is 23.1. The highest BCUT2D eigenvalue weighted by Crippen LogP contribution is 2.12. The molecule has 0 heterocycles. The van der Waals surface area contributed by atoms with Crippen LogP contribution in [0.4, 0.5) is 8.78 Å². The molecule has 0 aliphatic rings. The summed E-state index contributed by atoms with van der Waals surface area (Å²) in [5.74, 6) is -0.440. The fourth-order valence-electron chi connectivity index (χ4n) is 0.297. The Hall–Kier alpha value is -0.860. The molecular formula is C6H8F2O. The van der Waals surface area contributed by atoms with E-state index in [1.54, 1.807) is 0 Å². The van der Waals surface area contributed by atoms with Crippen molar-refractivity contribution in [1.29, 1.82) is 0 Å². The first-order valence-electron chi connectivity index (χ1n) is 2.42. The van der Waals surface area contributed by atoms with Crippen molar-refractivity contribution in [2.45, 2.75) is 13.3 Å². The van der Waals surface area contributed by atoms with Gasteiger partial charge < -0.3 is 5.11 Å². The molecular weight excluding hydrogens is 126 g/mol. The molecule has 1 nitrogen and oxygen atoms in total. The highest BCUT2D eigenvalue weighted by atomic mass is 19.3. The Morgan fingerprint density at radius 2 is 2.11 bits per heavy atom. The van der Waals surface area contributed by atoms with E-state index in [0.29, 0.717) is 0 Å². The number of halogens is 2. The van der Waals surface area contributed by atoms with E-state index in [9.17, 15) is 8.78 Å². The van der Waals surface area contributed by atoms with Gasteiger partial charge in [-0.3, -0.25) is 0 Å². The zero-order valence-electron chi connectivity index (χ0n) is 5.06. The largest absolute Gasteiger partial charge is 0.508 e. The molecule has 0 saturated heterocycles. The van der Waals surface area contributed by atoms with E-state index in [0.717, 1.165) is 0 Å². The maximum absolute atomic E-state index is 11.6. The molecule has 0 aromatic heterocycles. The van der Waals surface area contributed by atoms with Gasteiger partial charge in [0.05, 0.1) is 5.57 Å². The Bertz CT molecular complexity index is 138. The molecule has 0 bridgehead atoms. The lowest BCUT2D eigenvalue weighted by Crippen LogP contribution is -1.97. The summed E-state index contributed by atoms with van der Waals surface area (Å²) in [4.78, 5) is 0. The van der Waals surface area contributed by atoms with Gasteiger partial charge in [0.1, 0.15) is 5.76 Å². The average Bonchev–Trinajstić information content (AvgIpc) is 1.84. The van der Waals surface area contributed by atoms with Crippen LogP contribution in [0.25, 0.3) is 0 Å². The summed E-state index contributed by atoms with van der Waals surface area (Å²) >= 11 is 0. The van der Waals surface area contributed by atoms with Crippen LogP contribution in [0.5, 0.6) is 0 Å². The van der Waals surface area contributed by atoms with Crippen LogP contribution in [0.3, 0.4) is 0 Å². The second kappa shape index (κ2) is 3.22. The van der Waals surface area contributed by atoms with Gasteiger partial charge >= 0.3 is 0 Å². The Labute approximate surface area is 52.3 Å². The third-order valence-electron chi connectivity index (χ3n) is 0.866. The average molecular weight is 134 g/mol. The van der Waals surface area contributed by atoms with Gasteiger partial charge in [0, 0.05) is 0 Å². The van der Waals surface area contributed by atoms with Crippen LogP contribution in [0.15, 0.2) is 24.0 Å². The summed E-state index contributed by atoms with van der Waals surface area (Å²) in [6.45, 7) is 4.42. The van der Waals surface area contributed by atoms with E-state index in [2.05, 4.69) is 6.58 Å². The number of allylic oxidation sites excluding steroid dienone is 2. The van der Waals surface area contributed by atoms with E-state index >= 15 is 0 Å². The molecule has 0 aromatic rings. The predicted molar refractivity (Wildman–Crippen MR) is 31.5 cm³/mol. The molecule has 0 aliphatic carbocycles. The summed E-state index contributed by atoms with van der Waals surface area (Å²) in [5, 5.41) is 8.58. The molecule has 9 heavy (non-hydrogen) atoms. The smallest absolute Gasteiger partial charge is 0.266 e. The predicted octanol–water partition coefficient (Wildman–Crippen LogP) is 2.27. The Kier molecular flexibility index (Phi) is 2.91. The second-order valence-electron chi connectivity index (χ2n) is 1.50. The molecule has 1 N–H and O–H groups in total. The first-order chi connectivity index (χ1) is 4.09. The molecule has 0 spiro atoms. The Balaban J connectivity index is 4.06. The van der Waals surface area contributed by atoms with E-state index < -0.39 is 17.8 Å². The van der Waals surface area contributed by atoms with Gasteiger partial charge in [-0.15, -0.1) is 0 Å². The van der Waals surface area contributed by atoms with Crippen LogP contribution in [0.2, 0.25) is 0 Å². The van der Waals surface area contributed by atoms with Crippen LogP contribution in [-0.4, -0.2) is 11.5 Å². The highest BCUT2D eigenvalue weighted by molar-refractivity contribution is 5.22. The monoisotopic (exact) mass is 134 g/mol. The fraction of sp³-hybridized carbons (Fsp3) is 0.333. The van der Waals surface area contributed by atoms with Gasteiger partial charge in [-0.25, -0.2) is 8.78 Å². The van der Waals surface area contributed by atoms with Crippen LogP contribution in [0, 0.1) is 0 Å². The van der Waals surface area contributed by atoms with Crippen LogP contribution >= 0.6 is 0 Å². The minimum absolute atomic E-state index is 0.440. The molecule has 0 atom stereocenters. The van der Waals surface area contributed by atoms with Crippen molar-refractivity contribution in [3.63, 3.8) is 0 Å². The third-order valence-corrected chi connectivity index (χ3v) is 0.866. The quantitative estimate of drug-likeness (QED) is 0.453. The maximum Gasteiger partial charge on any atom is 0.266 e. The number of aliphatic hydroxyl groups is 1. The molecule has 0 unspecified atom stereocenters. The van der Waals surface area contributed by atoms with Crippen LogP contribution < -0.4 is 0 Å². The fourth-order valence-corrected chi connectivity index (χ4v) is 0.297. The molecule has 0 rings (SSSR count). The molecule has 3 heteroatoms. The van der Waals surface area contributed by atoms with Crippen molar-refractivity contribution in [3.05, 3.63) is 24.0 Å². The van der Waals surface area contributed by atoms with Crippen LogP contribution in [0.1, 0.15) is 6.92 Å². The second-order valence-corrected chi connectivity index (χ2v) is 1.50. The number of hydrogen-bond acceptors (Lipinski definition) is 1. The number of aliphatic hydroxyl groups excluding tert-OH is 1. The lowest BCUT2D eigenvalue weighted by molar-refractivity contribution is 0.183. The number of hydrogen-bond donors (Lipinski definition) is 1. The van der Waals surface area contributed by atoms with Gasteiger partial charge in [0.15, 0.2) is 0 Å². The third kappa shape index (κ3) is 2.26. The van der Waals surface area contributed by atoms with E-state index in [1.165, 1.54) is 13.0 Å². The minimum atomic E-state index is -2.67. The molecule has 0 aromatic carbocycles. The first kappa shape index (κ1) is 8.14. The van der Waals surface area contributed by atoms with Gasteiger partial charge in [-0.05, 0) is 13.0 Å². The molecule has 0 saturated carbocycles. The topological polar surface area (TPSA) is 20.2 Å². The lowest BCUT2D eigenvalue weighted by Gasteiger charge is -1.99. The maximum atomic E-state index is 11.6. The van der Waals surface area contributed by atoms with Crippen molar-refractivity contribution in [2.75, 3.05) is 0 Å². The van der Waals surface area contributed by atoms with Crippen LogP contribution in [-0.2, 0) is 0 Å². The van der Waals surface area contributed by atoms with Crippen molar-refractivity contribution >= 4 is 0 Å². The summed E-state index contributed by atoms with van der Waals surface area (Å²) in [7, 11) is 0. The summed E-state index contributed by atoms with van der Waals surface area (Å²) in [5.41, 5.74) is -0.530. The normalized spacial score (nSPS) is 12.2. The van der Waals surface area contributed by atoms with Gasteiger partial charge in [-0.1, -0.05) is 6.58 Å². The molecule has 0 amide bonds. The van der Waals surface area contributed by atoms with Crippen molar-refractivity contribution in [1.82, 2.24) is 0 Å². The van der Waals surface area contributed by atoms with Crippen molar-refractivity contribution in [2.24, 2.45) is 0 Å². The Morgan fingerprint density at radius 3 is 2.22 bits per heavy atom. The first-order valence-corrected chi connectivity index (χ1v) is 2.42. The molecule has 0 radical (unpaired) electrons. The standard InChI is InChI=1S/C6H8F2O/c1-3-5(9)4(2)6(7)8/h3,6,9H,2H2,1H3/b5-3+. The van der Waals surface area contributed by atoms with Gasteiger partial charge in [0.2, 0.25) is 0 Å². The van der Waals surface area contributed by atoms with E-state index in [-0.39, 0.29) is 0 Å². The highest BCUT2D eigenvalue weighted by Gasteiger charge is 2.10. The number of rotatable bonds is 2. The SMILES string of the molecule is C=C(/C(O)=C\C)C(F)F. The number of alkyl halides is 2.